The number of carbonyl (C=O) groups is 2. The van der Waals surface area contributed by atoms with Crippen LogP contribution in [-0.4, -0.2) is 51.9 Å². The van der Waals surface area contributed by atoms with E-state index in [9.17, 15) is 18.4 Å². The van der Waals surface area contributed by atoms with Crippen molar-refractivity contribution in [1.29, 1.82) is 0 Å². The van der Waals surface area contributed by atoms with Crippen LogP contribution < -0.4 is 0 Å². The summed E-state index contributed by atoms with van der Waals surface area (Å²) >= 11 is 1.50. The Hall–Kier alpha value is -0.850. The van der Waals surface area contributed by atoms with Gasteiger partial charge in [-0.15, -0.1) is 0 Å². The number of halogens is 2. The van der Waals surface area contributed by atoms with Crippen LogP contribution in [0.1, 0.15) is 25.7 Å². The Labute approximate surface area is 114 Å². The molecule has 0 spiro atoms. The molecule has 1 saturated carbocycles. The first-order valence-corrected chi connectivity index (χ1v) is 7.55. The molecule has 1 aliphatic carbocycles. The maximum atomic E-state index is 13.1. The number of carbonyl (C=O) groups excluding carboxylic acids is 1. The third-order valence-electron chi connectivity index (χ3n) is 3.76. The second-order valence-electron chi connectivity index (χ2n) is 5.09. The lowest BCUT2D eigenvalue weighted by Gasteiger charge is -2.37. The zero-order valence-corrected chi connectivity index (χ0v) is 11.3. The van der Waals surface area contributed by atoms with Gasteiger partial charge < -0.3 is 10.0 Å². The van der Waals surface area contributed by atoms with Crippen molar-refractivity contribution in [3.8, 4) is 0 Å². The van der Waals surface area contributed by atoms with Gasteiger partial charge in [-0.2, -0.15) is 11.8 Å². The Kier molecular flexibility index (Phi) is 4.32. The first-order chi connectivity index (χ1) is 8.91. The van der Waals surface area contributed by atoms with Crippen molar-refractivity contribution in [2.75, 3.05) is 18.1 Å². The minimum atomic E-state index is -2.67. The second kappa shape index (κ2) is 5.64. The number of thioether (sulfide) groups is 1. The van der Waals surface area contributed by atoms with Gasteiger partial charge in [-0.3, -0.25) is 4.79 Å². The molecule has 0 bridgehead atoms. The fraction of sp³-hybridized carbons (Fsp3) is 0.833. The van der Waals surface area contributed by atoms with Crippen LogP contribution in [0.5, 0.6) is 0 Å². The predicted molar refractivity (Wildman–Crippen MR) is 67.4 cm³/mol. The van der Waals surface area contributed by atoms with Crippen molar-refractivity contribution < 1.29 is 23.5 Å². The minimum Gasteiger partial charge on any atom is -0.480 e. The van der Waals surface area contributed by atoms with Gasteiger partial charge in [0.05, 0.1) is 0 Å². The summed E-state index contributed by atoms with van der Waals surface area (Å²) < 4.78 is 26.1. The van der Waals surface area contributed by atoms with Gasteiger partial charge in [-0.1, -0.05) is 0 Å². The SMILES string of the molecule is O=C(O)C1CSCCN1C(=O)C1CCC(F)(F)CC1. The Morgan fingerprint density at radius 2 is 1.89 bits per heavy atom. The average Bonchev–Trinajstić information content (AvgIpc) is 2.38. The Balaban J connectivity index is 2.00. The van der Waals surface area contributed by atoms with Crippen LogP contribution in [0, 0.1) is 5.92 Å². The summed E-state index contributed by atoms with van der Waals surface area (Å²) in [7, 11) is 0. The lowest BCUT2D eigenvalue weighted by atomic mass is 9.85. The second-order valence-corrected chi connectivity index (χ2v) is 6.24. The number of alkyl halides is 2. The van der Waals surface area contributed by atoms with Gasteiger partial charge in [-0.25, -0.2) is 13.6 Å². The van der Waals surface area contributed by atoms with Crippen LogP contribution in [0.4, 0.5) is 8.78 Å². The van der Waals surface area contributed by atoms with Crippen LogP contribution >= 0.6 is 11.8 Å². The van der Waals surface area contributed by atoms with Gasteiger partial charge in [0.25, 0.3) is 0 Å². The number of carboxylic acid groups (broad SMARTS) is 1. The number of amides is 1. The van der Waals surface area contributed by atoms with E-state index in [1.165, 1.54) is 16.7 Å². The standard InChI is InChI=1S/C12H17F2NO3S/c13-12(14)3-1-8(2-4-12)10(16)15-5-6-19-7-9(15)11(17)18/h8-9H,1-7H2,(H,17,18). The summed E-state index contributed by atoms with van der Waals surface area (Å²) in [5.41, 5.74) is 0. The smallest absolute Gasteiger partial charge is 0.327 e. The highest BCUT2D eigenvalue weighted by Crippen LogP contribution is 2.37. The lowest BCUT2D eigenvalue weighted by molar-refractivity contribution is -0.153. The molecule has 1 saturated heterocycles. The van der Waals surface area contributed by atoms with Crippen LogP contribution in [0.2, 0.25) is 0 Å². The van der Waals surface area contributed by atoms with E-state index in [1.54, 1.807) is 0 Å². The van der Waals surface area contributed by atoms with Gasteiger partial charge in [0.1, 0.15) is 6.04 Å². The molecule has 1 amide bonds. The van der Waals surface area contributed by atoms with E-state index in [2.05, 4.69) is 0 Å². The zero-order valence-electron chi connectivity index (χ0n) is 10.5. The molecule has 1 N–H and O–H groups in total. The van der Waals surface area contributed by atoms with Crippen molar-refractivity contribution in [2.24, 2.45) is 5.92 Å². The van der Waals surface area contributed by atoms with Crippen molar-refractivity contribution >= 4 is 23.6 Å². The van der Waals surface area contributed by atoms with Crippen molar-refractivity contribution in [3.63, 3.8) is 0 Å². The fourth-order valence-electron chi connectivity index (χ4n) is 2.59. The third kappa shape index (κ3) is 3.38. The quantitative estimate of drug-likeness (QED) is 0.844. The van der Waals surface area contributed by atoms with Crippen molar-refractivity contribution in [1.82, 2.24) is 4.90 Å². The normalized spacial score (nSPS) is 28.1. The minimum absolute atomic E-state index is 0.155. The number of carboxylic acids is 1. The van der Waals surface area contributed by atoms with E-state index in [0.717, 1.165) is 0 Å². The van der Waals surface area contributed by atoms with Crippen LogP contribution in [-0.2, 0) is 9.59 Å². The molecular weight excluding hydrogens is 276 g/mol. The summed E-state index contributed by atoms with van der Waals surface area (Å²) in [6.07, 6.45) is -0.239. The molecule has 0 radical (unpaired) electrons. The van der Waals surface area contributed by atoms with Crippen molar-refractivity contribution in [3.05, 3.63) is 0 Å². The van der Waals surface area contributed by atoms with E-state index in [4.69, 9.17) is 5.11 Å². The molecule has 0 aromatic heterocycles. The molecule has 7 heteroatoms. The largest absolute Gasteiger partial charge is 0.480 e. The Bertz CT molecular complexity index is 368. The highest BCUT2D eigenvalue weighted by Gasteiger charge is 2.41. The summed E-state index contributed by atoms with van der Waals surface area (Å²) in [5, 5.41) is 9.11. The van der Waals surface area contributed by atoms with Crippen LogP contribution in [0.3, 0.4) is 0 Å². The third-order valence-corrected chi connectivity index (χ3v) is 4.79. The molecule has 2 fully saturated rings. The van der Waals surface area contributed by atoms with E-state index < -0.39 is 23.9 Å². The van der Waals surface area contributed by atoms with Gasteiger partial charge in [0.2, 0.25) is 11.8 Å². The van der Waals surface area contributed by atoms with Crippen molar-refractivity contribution in [2.45, 2.75) is 37.6 Å². The van der Waals surface area contributed by atoms with Crippen LogP contribution in [0.15, 0.2) is 0 Å². The summed E-state index contributed by atoms with van der Waals surface area (Å²) in [4.78, 5) is 24.8. The van der Waals surface area contributed by atoms with Gasteiger partial charge in [-0.05, 0) is 12.8 Å². The number of hydrogen-bond acceptors (Lipinski definition) is 3. The van der Waals surface area contributed by atoms with Gasteiger partial charge in [0.15, 0.2) is 0 Å². The maximum absolute atomic E-state index is 13.1. The first-order valence-electron chi connectivity index (χ1n) is 6.39. The van der Waals surface area contributed by atoms with E-state index in [0.29, 0.717) is 18.1 Å². The topological polar surface area (TPSA) is 57.6 Å². The van der Waals surface area contributed by atoms with E-state index in [1.807, 2.05) is 0 Å². The van der Waals surface area contributed by atoms with E-state index >= 15 is 0 Å². The molecule has 0 aromatic rings. The highest BCUT2D eigenvalue weighted by atomic mass is 32.2. The lowest BCUT2D eigenvalue weighted by Crippen LogP contribution is -2.52. The molecule has 1 aliphatic heterocycles. The zero-order chi connectivity index (χ0) is 14.0. The molecule has 108 valence electrons. The van der Waals surface area contributed by atoms with Gasteiger partial charge in [0, 0.05) is 36.8 Å². The maximum Gasteiger partial charge on any atom is 0.327 e. The Morgan fingerprint density at radius 3 is 2.47 bits per heavy atom. The fourth-order valence-corrected chi connectivity index (χ4v) is 3.63. The summed E-state index contributed by atoms with van der Waals surface area (Å²) in [5.74, 6) is -3.29. The molecule has 2 rings (SSSR count). The molecule has 4 nitrogen and oxygen atoms in total. The summed E-state index contributed by atoms with van der Waals surface area (Å²) in [6, 6.07) is -0.811. The average molecular weight is 293 g/mol. The monoisotopic (exact) mass is 293 g/mol. The van der Waals surface area contributed by atoms with E-state index in [-0.39, 0.29) is 31.6 Å². The van der Waals surface area contributed by atoms with Crippen LogP contribution in [0.25, 0.3) is 0 Å². The summed E-state index contributed by atoms with van der Waals surface area (Å²) in [6.45, 7) is 0.396. The number of nitrogens with zero attached hydrogens (tertiary/aromatic N) is 1. The molecule has 1 atom stereocenters. The first kappa shape index (κ1) is 14.6. The molecule has 19 heavy (non-hydrogen) atoms. The number of rotatable bonds is 2. The molecule has 0 aromatic carbocycles. The molecular formula is C12H17F2NO3S. The molecule has 2 aliphatic rings. The highest BCUT2D eigenvalue weighted by molar-refractivity contribution is 7.99. The molecule has 1 heterocycles. The Morgan fingerprint density at radius 1 is 1.26 bits per heavy atom. The number of hydrogen-bond donors (Lipinski definition) is 1. The number of aliphatic carboxylic acids is 1. The van der Waals surface area contributed by atoms with Gasteiger partial charge >= 0.3 is 5.97 Å². The predicted octanol–water partition coefficient (Wildman–Crippen LogP) is 1.84. The molecule has 1 unspecified atom stereocenters.